The van der Waals surface area contributed by atoms with Gasteiger partial charge in [-0.25, -0.2) is 0 Å². The summed E-state index contributed by atoms with van der Waals surface area (Å²) in [5.74, 6) is 0. The number of nitrogens with zero attached hydrogens (tertiary/aromatic N) is 1. The Labute approximate surface area is 139 Å². The molecule has 0 spiro atoms. The van der Waals surface area contributed by atoms with E-state index in [9.17, 15) is 0 Å². The first-order chi connectivity index (χ1) is 9.92. The first kappa shape index (κ1) is 21.4. The third kappa shape index (κ3) is 9.24. The van der Waals surface area contributed by atoms with Crippen molar-refractivity contribution >= 4 is 21.2 Å². The Morgan fingerprint density at radius 2 is 1.71 bits per heavy atom. The van der Waals surface area contributed by atoms with Crippen molar-refractivity contribution in [3.63, 3.8) is 0 Å². The van der Waals surface area contributed by atoms with E-state index in [2.05, 4.69) is 58.7 Å². The van der Waals surface area contributed by atoms with E-state index in [0.717, 1.165) is 38.6 Å². The minimum Gasteiger partial charge on any atom is -0.395 e. The highest BCUT2D eigenvalue weighted by Crippen LogP contribution is 2.23. The van der Waals surface area contributed by atoms with Crippen molar-refractivity contribution in [3.05, 3.63) is 0 Å². The highest BCUT2D eigenvalue weighted by molar-refractivity contribution is 7.80. The van der Waals surface area contributed by atoms with E-state index in [0.29, 0.717) is 5.25 Å². The Balaban J connectivity index is 4.40. The lowest BCUT2D eigenvalue weighted by Crippen LogP contribution is -2.47. The van der Waals surface area contributed by atoms with Crippen LogP contribution in [0.3, 0.4) is 0 Å². The Hall–Kier alpha value is 0.447. The summed E-state index contributed by atoms with van der Waals surface area (Å²) in [7, 11) is -2.07. The van der Waals surface area contributed by atoms with Crippen LogP contribution in [0.5, 0.6) is 0 Å². The summed E-state index contributed by atoms with van der Waals surface area (Å²) in [6.45, 7) is 15.8. The first-order valence-electron chi connectivity index (χ1n) is 8.66. The molecule has 3 nitrogen and oxygen atoms in total. The van der Waals surface area contributed by atoms with Gasteiger partial charge in [0.05, 0.1) is 6.23 Å². The molecule has 0 aromatic heterocycles. The lowest BCUT2D eigenvalue weighted by Gasteiger charge is -2.35. The van der Waals surface area contributed by atoms with E-state index >= 15 is 0 Å². The largest absolute Gasteiger partial charge is 0.395 e. The van der Waals surface area contributed by atoms with Gasteiger partial charge in [-0.2, -0.15) is 12.6 Å². The smallest absolute Gasteiger partial charge is 0.336 e. The van der Waals surface area contributed by atoms with Gasteiger partial charge in [0, 0.05) is 11.9 Å². The molecule has 0 N–H and O–H groups in total. The van der Waals surface area contributed by atoms with Gasteiger partial charge < -0.3 is 8.85 Å². The second-order valence-corrected chi connectivity index (χ2v) is 9.86. The highest BCUT2D eigenvalue weighted by atomic mass is 32.1. The lowest BCUT2D eigenvalue weighted by atomic mass is 10.2. The van der Waals surface area contributed by atoms with Crippen molar-refractivity contribution in [2.45, 2.75) is 84.4 Å². The number of thiol groups is 1. The normalized spacial score (nSPS) is 17.7. The molecule has 3 unspecified atom stereocenters. The Kier molecular flexibility index (Phi) is 12.2. The molecule has 0 aliphatic heterocycles. The highest BCUT2D eigenvalue weighted by Gasteiger charge is 2.34. The van der Waals surface area contributed by atoms with Gasteiger partial charge in [-0.15, -0.1) is 0 Å². The van der Waals surface area contributed by atoms with Gasteiger partial charge in [0.1, 0.15) is 0 Å². The van der Waals surface area contributed by atoms with E-state index in [-0.39, 0.29) is 6.23 Å². The van der Waals surface area contributed by atoms with Crippen LogP contribution in [0, 0.1) is 0 Å². The minimum absolute atomic E-state index is 0.144. The van der Waals surface area contributed by atoms with Gasteiger partial charge in [-0.3, -0.25) is 4.90 Å². The van der Waals surface area contributed by atoms with Gasteiger partial charge in [-0.1, -0.05) is 33.6 Å². The average Bonchev–Trinajstić information content (AvgIpc) is 2.40. The quantitative estimate of drug-likeness (QED) is 0.300. The maximum atomic E-state index is 6.38. The van der Waals surface area contributed by atoms with Crippen molar-refractivity contribution in [3.8, 4) is 0 Å². The van der Waals surface area contributed by atoms with Gasteiger partial charge in [-0.05, 0) is 52.4 Å². The molecule has 0 fully saturated rings. The summed E-state index contributed by atoms with van der Waals surface area (Å²) in [6, 6.07) is 1.06. The Morgan fingerprint density at radius 1 is 1.10 bits per heavy atom. The second-order valence-electron chi connectivity index (χ2n) is 5.84. The molecule has 0 aromatic rings. The van der Waals surface area contributed by atoms with Crippen LogP contribution in [-0.4, -0.2) is 44.6 Å². The fourth-order valence-corrected chi connectivity index (χ4v) is 5.88. The predicted octanol–water partition coefficient (Wildman–Crippen LogP) is 4.68. The lowest BCUT2D eigenvalue weighted by molar-refractivity contribution is 0.0133. The molecule has 0 amide bonds. The summed E-state index contributed by atoms with van der Waals surface area (Å²) in [6.07, 6.45) is 4.87. The molecule has 0 rings (SSSR count). The SMILES string of the molecule is CCCC(S)CCC[Si](C)(OCC)OC(C)N(CC)CC. The van der Waals surface area contributed by atoms with E-state index in [1.54, 1.807) is 0 Å². The number of hydrogen-bond acceptors (Lipinski definition) is 4. The summed E-state index contributed by atoms with van der Waals surface area (Å²) in [4.78, 5) is 2.34. The van der Waals surface area contributed by atoms with Gasteiger partial charge in [0.15, 0.2) is 0 Å². The van der Waals surface area contributed by atoms with E-state index < -0.39 is 8.56 Å². The molecule has 0 heterocycles. The average molecular weight is 336 g/mol. The Morgan fingerprint density at radius 3 is 2.19 bits per heavy atom. The van der Waals surface area contributed by atoms with Crippen LogP contribution in [0.2, 0.25) is 12.6 Å². The summed E-state index contributed by atoms with van der Waals surface area (Å²) >= 11 is 4.65. The van der Waals surface area contributed by atoms with E-state index in [1.807, 2.05) is 0 Å². The van der Waals surface area contributed by atoms with Crippen molar-refractivity contribution in [2.24, 2.45) is 0 Å². The maximum Gasteiger partial charge on any atom is 0.336 e. The van der Waals surface area contributed by atoms with Crippen molar-refractivity contribution in [1.82, 2.24) is 4.90 Å². The van der Waals surface area contributed by atoms with Crippen LogP contribution in [0.25, 0.3) is 0 Å². The van der Waals surface area contributed by atoms with Crippen molar-refractivity contribution < 1.29 is 8.85 Å². The zero-order valence-corrected chi connectivity index (χ0v) is 16.9. The molecule has 3 atom stereocenters. The number of rotatable bonds is 13. The van der Waals surface area contributed by atoms with Gasteiger partial charge in [0.2, 0.25) is 0 Å². The molecule has 0 saturated heterocycles. The van der Waals surface area contributed by atoms with Crippen LogP contribution in [0.1, 0.15) is 60.3 Å². The van der Waals surface area contributed by atoms with Crippen LogP contribution < -0.4 is 0 Å². The molecular weight excluding hydrogens is 298 g/mol. The third-order valence-electron chi connectivity index (χ3n) is 3.99. The molecule has 128 valence electrons. The predicted molar refractivity (Wildman–Crippen MR) is 98.4 cm³/mol. The van der Waals surface area contributed by atoms with Crippen LogP contribution in [0.15, 0.2) is 0 Å². The van der Waals surface area contributed by atoms with Gasteiger partial charge in [0.25, 0.3) is 0 Å². The van der Waals surface area contributed by atoms with Crippen molar-refractivity contribution in [1.29, 1.82) is 0 Å². The fourth-order valence-electron chi connectivity index (χ4n) is 2.78. The molecule has 0 bridgehead atoms. The van der Waals surface area contributed by atoms with Gasteiger partial charge >= 0.3 is 8.56 Å². The van der Waals surface area contributed by atoms with Crippen LogP contribution in [0.4, 0.5) is 0 Å². The van der Waals surface area contributed by atoms with Crippen molar-refractivity contribution in [2.75, 3.05) is 19.7 Å². The molecule has 5 heteroatoms. The fraction of sp³-hybridized carbons (Fsp3) is 1.00. The first-order valence-corrected chi connectivity index (χ1v) is 11.7. The molecule has 21 heavy (non-hydrogen) atoms. The summed E-state index contributed by atoms with van der Waals surface area (Å²) < 4.78 is 12.4. The summed E-state index contributed by atoms with van der Waals surface area (Å²) in [5, 5.41) is 0.523. The topological polar surface area (TPSA) is 21.7 Å². The molecule has 0 aliphatic carbocycles. The van der Waals surface area contributed by atoms with E-state index in [1.165, 1.54) is 12.8 Å². The molecular formula is C16H37NO2SSi. The maximum absolute atomic E-state index is 6.38. The van der Waals surface area contributed by atoms with Crippen LogP contribution >= 0.6 is 12.6 Å². The molecule has 0 radical (unpaired) electrons. The monoisotopic (exact) mass is 335 g/mol. The standard InChI is InChI=1S/C16H37NO2SSi/c1-7-12-16(20)13-11-14-21(6,18-10-4)19-15(5)17(8-2)9-3/h15-16,20H,7-14H2,1-6H3. The zero-order valence-electron chi connectivity index (χ0n) is 15.0. The number of hydrogen-bond donors (Lipinski definition) is 1. The molecule has 0 saturated carbocycles. The minimum atomic E-state index is -2.07. The summed E-state index contributed by atoms with van der Waals surface area (Å²) in [5.41, 5.74) is 0. The Bertz CT molecular complexity index is 254. The zero-order chi connectivity index (χ0) is 16.3. The molecule has 0 aromatic carbocycles. The van der Waals surface area contributed by atoms with E-state index in [4.69, 9.17) is 8.85 Å². The van der Waals surface area contributed by atoms with Crippen LogP contribution in [-0.2, 0) is 8.85 Å². The second kappa shape index (κ2) is 11.9. The molecule has 0 aliphatic rings. The third-order valence-corrected chi connectivity index (χ3v) is 7.50.